The summed E-state index contributed by atoms with van der Waals surface area (Å²) in [6.45, 7) is 5.03. The molecule has 0 N–H and O–H groups in total. The molecule has 3 nitrogen and oxygen atoms in total. The predicted octanol–water partition coefficient (Wildman–Crippen LogP) is 3.42. The molecule has 0 saturated heterocycles. The minimum absolute atomic E-state index is 0.444. The number of aromatic nitrogens is 1. The normalized spacial score (nSPS) is 9.83. The third kappa shape index (κ3) is 2.33. The van der Waals surface area contributed by atoms with Crippen LogP contribution in [0.4, 0.5) is 11.4 Å². The van der Waals surface area contributed by atoms with E-state index in [-0.39, 0.29) is 0 Å². The Labute approximate surface area is 107 Å². The SMILES string of the molecule is CCN(c1ccnc(C#N)c1)c1ccccc1C. The van der Waals surface area contributed by atoms with Gasteiger partial charge in [0.05, 0.1) is 0 Å². The molecule has 2 rings (SSSR count). The van der Waals surface area contributed by atoms with E-state index < -0.39 is 0 Å². The first-order chi connectivity index (χ1) is 8.76. The van der Waals surface area contributed by atoms with E-state index in [0.29, 0.717) is 5.69 Å². The maximum Gasteiger partial charge on any atom is 0.142 e. The first kappa shape index (κ1) is 12.1. The minimum Gasteiger partial charge on any atom is -0.341 e. The molecule has 1 heterocycles. The van der Waals surface area contributed by atoms with E-state index in [1.165, 1.54) is 5.56 Å². The van der Waals surface area contributed by atoms with Crippen LogP contribution in [-0.4, -0.2) is 11.5 Å². The second-order valence-electron chi connectivity index (χ2n) is 4.04. The number of hydrogen-bond donors (Lipinski definition) is 0. The van der Waals surface area contributed by atoms with Crippen molar-refractivity contribution in [2.24, 2.45) is 0 Å². The van der Waals surface area contributed by atoms with E-state index in [2.05, 4.69) is 41.9 Å². The lowest BCUT2D eigenvalue weighted by Crippen LogP contribution is -2.17. The summed E-state index contributed by atoms with van der Waals surface area (Å²) in [5, 5.41) is 8.91. The maximum absolute atomic E-state index is 8.91. The molecular weight excluding hydrogens is 222 g/mol. The van der Waals surface area contributed by atoms with E-state index >= 15 is 0 Å². The van der Waals surface area contributed by atoms with Crippen molar-refractivity contribution < 1.29 is 0 Å². The Morgan fingerprint density at radius 2 is 2.06 bits per heavy atom. The number of benzene rings is 1. The third-order valence-corrected chi connectivity index (χ3v) is 2.89. The van der Waals surface area contributed by atoms with Gasteiger partial charge in [-0.1, -0.05) is 18.2 Å². The Balaban J connectivity index is 2.46. The Bertz CT molecular complexity index is 584. The van der Waals surface area contributed by atoms with Crippen molar-refractivity contribution in [3.05, 3.63) is 53.9 Å². The van der Waals surface area contributed by atoms with Crippen LogP contribution in [0.2, 0.25) is 0 Å². The van der Waals surface area contributed by atoms with Crippen molar-refractivity contribution in [1.82, 2.24) is 4.98 Å². The second-order valence-corrected chi connectivity index (χ2v) is 4.04. The first-order valence-corrected chi connectivity index (χ1v) is 5.95. The fourth-order valence-electron chi connectivity index (χ4n) is 2.01. The quantitative estimate of drug-likeness (QED) is 0.821. The molecule has 0 unspecified atom stereocenters. The molecule has 0 aliphatic heterocycles. The van der Waals surface area contributed by atoms with Crippen molar-refractivity contribution in [3.63, 3.8) is 0 Å². The molecule has 0 aliphatic rings. The van der Waals surface area contributed by atoms with Crippen LogP contribution in [0.5, 0.6) is 0 Å². The molecule has 90 valence electrons. The Hall–Kier alpha value is -2.34. The van der Waals surface area contributed by atoms with Crippen LogP contribution in [0.1, 0.15) is 18.2 Å². The van der Waals surface area contributed by atoms with E-state index in [0.717, 1.165) is 17.9 Å². The summed E-state index contributed by atoms with van der Waals surface area (Å²) in [6.07, 6.45) is 1.68. The van der Waals surface area contributed by atoms with Gasteiger partial charge in [-0.2, -0.15) is 5.26 Å². The number of nitriles is 1. The minimum atomic E-state index is 0.444. The molecule has 1 aromatic carbocycles. The molecule has 0 radical (unpaired) electrons. The van der Waals surface area contributed by atoms with Gasteiger partial charge in [0.25, 0.3) is 0 Å². The van der Waals surface area contributed by atoms with E-state index in [1.807, 2.05) is 24.3 Å². The highest BCUT2D eigenvalue weighted by Crippen LogP contribution is 2.27. The summed E-state index contributed by atoms with van der Waals surface area (Å²) in [6, 6.07) is 14.0. The van der Waals surface area contributed by atoms with Crippen LogP contribution >= 0.6 is 0 Å². The second kappa shape index (κ2) is 5.33. The van der Waals surface area contributed by atoms with Gasteiger partial charge in [0, 0.05) is 24.1 Å². The summed E-state index contributed by atoms with van der Waals surface area (Å²) < 4.78 is 0. The lowest BCUT2D eigenvalue weighted by atomic mass is 10.1. The van der Waals surface area contributed by atoms with Gasteiger partial charge >= 0.3 is 0 Å². The average Bonchev–Trinajstić information content (AvgIpc) is 2.42. The van der Waals surface area contributed by atoms with Gasteiger partial charge in [-0.3, -0.25) is 0 Å². The van der Waals surface area contributed by atoms with Gasteiger partial charge < -0.3 is 4.90 Å². The lowest BCUT2D eigenvalue weighted by molar-refractivity contribution is 1.01. The van der Waals surface area contributed by atoms with Gasteiger partial charge in [-0.05, 0) is 37.6 Å². The van der Waals surface area contributed by atoms with Crippen molar-refractivity contribution in [2.45, 2.75) is 13.8 Å². The van der Waals surface area contributed by atoms with Gasteiger partial charge in [-0.15, -0.1) is 0 Å². The molecule has 0 amide bonds. The largest absolute Gasteiger partial charge is 0.341 e. The van der Waals surface area contributed by atoms with Gasteiger partial charge in [0.2, 0.25) is 0 Å². The molecule has 0 atom stereocenters. The zero-order valence-corrected chi connectivity index (χ0v) is 10.6. The van der Waals surface area contributed by atoms with Crippen LogP contribution in [0, 0.1) is 18.3 Å². The number of rotatable bonds is 3. The molecule has 2 aromatic rings. The van der Waals surface area contributed by atoms with Crippen LogP contribution < -0.4 is 4.90 Å². The van der Waals surface area contributed by atoms with E-state index in [9.17, 15) is 0 Å². The highest BCUT2D eigenvalue weighted by atomic mass is 15.1. The molecule has 0 spiro atoms. The van der Waals surface area contributed by atoms with Crippen molar-refractivity contribution in [3.8, 4) is 6.07 Å². The molecule has 18 heavy (non-hydrogen) atoms. The summed E-state index contributed by atoms with van der Waals surface area (Å²) in [5.41, 5.74) is 3.82. The Morgan fingerprint density at radius 1 is 1.28 bits per heavy atom. The highest BCUT2D eigenvalue weighted by Gasteiger charge is 2.09. The number of hydrogen-bond acceptors (Lipinski definition) is 3. The molecule has 0 saturated carbocycles. The molecule has 3 heteroatoms. The molecule has 0 fully saturated rings. The monoisotopic (exact) mass is 237 g/mol. The molecule has 0 aliphatic carbocycles. The summed E-state index contributed by atoms with van der Waals surface area (Å²) in [4.78, 5) is 6.18. The molecule has 0 bridgehead atoms. The summed E-state index contributed by atoms with van der Waals surface area (Å²) in [7, 11) is 0. The summed E-state index contributed by atoms with van der Waals surface area (Å²) >= 11 is 0. The maximum atomic E-state index is 8.91. The van der Waals surface area contributed by atoms with E-state index in [4.69, 9.17) is 5.26 Å². The first-order valence-electron chi connectivity index (χ1n) is 5.95. The molecule has 1 aromatic heterocycles. The fraction of sp³-hybridized carbons (Fsp3) is 0.200. The molecular formula is C15H15N3. The fourth-order valence-corrected chi connectivity index (χ4v) is 2.01. The van der Waals surface area contributed by atoms with Gasteiger partial charge in [0.15, 0.2) is 0 Å². The predicted molar refractivity (Wildman–Crippen MR) is 72.8 cm³/mol. The van der Waals surface area contributed by atoms with Gasteiger partial charge in [0.1, 0.15) is 11.8 Å². The number of anilines is 2. The summed E-state index contributed by atoms with van der Waals surface area (Å²) in [5.74, 6) is 0. The zero-order valence-electron chi connectivity index (χ0n) is 10.6. The van der Waals surface area contributed by atoms with Crippen molar-refractivity contribution in [1.29, 1.82) is 5.26 Å². The van der Waals surface area contributed by atoms with Crippen LogP contribution in [-0.2, 0) is 0 Å². The number of aryl methyl sites for hydroxylation is 1. The topological polar surface area (TPSA) is 39.9 Å². The lowest BCUT2D eigenvalue weighted by Gasteiger charge is -2.25. The smallest absolute Gasteiger partial charge is 0.142 e. The number of para-hydroxylation sites is 1. The number of nitrogens with zero attached hydrogens (tertiary/aromatic N) is 3. The average molecular weight is 237 g/mol. The third-order valence-electron chi connectivity index (χ3n) is 2.89. The highest BCUT2D eigenvalue weighted by molar-refractivity contribution is 5.66. The number of pyridine rings is 1. The van der Waals surface area contributed by atoms with Gasteiger partial charge in [-0.25, -0.2) is 4.98 Å². The van der Waals surface area contributed by atoms with E-state index in [1.54, 1.807) is 6.20 Å². The zero-order chi connectivity index (χ0) is 13.0. The standard InChI is InChI=1S/C15H15N3/c1-3-18(15-7-5-4-6-12(15)2)14-8-9-17-13(10-14)11-16/h4-10H,3H2,1-2H3. The van der Waals surface area contributed by atoms with Crippen molar-refractivity contribution in [2.75, 3.05) is 11.4 Å². The van der Waals surface area contributed by atoms with Crippen LogP contribution in [0.15, 0.2) is 42.6 Å². The Morgan fingerprint density at radius 3 is 2.72 bits per heavy atom. The Kier molecular flexibility index (Phi) is 3.59. The van der Waals surface area contributed by atoms with Crippen LogP contribution in [0.25, 0.3) is 0 Å². The van der Waals surface area contributed by atoms with Crippen molar-refractivity contribution >= 4 is 11.4 Å². The van der Waals surface area contributed by atoms with Crippen LogP contribution in [0.3, 0.4) is 0 Å².